The number of hydrogen-bond donors (Lipinski definition) is 1. The molecule has 0 fully saturated rings. The summed E-state index contributed by atoms with van der Waals surface area (Å²) in [6.45, 7) is 9.03. The molecule has 0 rings (SSSR count). The van der Waals surface area contributed by atoms with Crippen LogP contribution < -0.4 is 0 Å². The largest absolute Gasteiger partial charge is 0.481 e. The van der Waals surface area contributed by atoms with Crippen molar-refractivity contribution in [2.75, 3.05) is 24.6 Å². The first-order valence-corrected chi connectivity index (χ1v) is 33.2. The highest BCUT2D eigenvalue weighted by molar-refractivity contribution is 7.75. The summed E-state index contributed by atoms with van der Waals surface area (Å²) in [5.74, 6) is -0.691. The first kappa shape index (κ1) is 63.9. The van der Waals surface area contributed by atoms with Gasteiger partial charge in [0, 0.05) is 7.26 Å². The van der Waals surface area contributed by atoms with Gasteiger partial charge in [-0.15, -0.1) is 0 Å². The van der Waals surface area contributed by atoms with E-state index < -0.39 is 13.2 Å². The average Bonchev–Trinajstić information content (AvgIpc) is 3.29. The molecule has 0 aliphatic carbocycles. The fourth-order valence-electron chi connectivity index (χ4n) is 10.8. The maximum Gasteiger partial charge on any atom is 0.306 e. The Labute approximate surface area is 407 Å². The molecular weight excluding hydrogens is 796 g/mol. The lowest BCUT2D eigenvalue weighted by Crippen LogP contribution is -2.16. The van der Waals surface area contributed by atoms with Crippen molar-refractivity contribution in [3.05, 3.63) is 0 Å². The van der Waals surface area contributed by atoms with E-state index in [0.717, 1.165) is 19.3 Å². The van der Waals surface area contributed by atoms with E-state index in [1.165, 1.54) is 333 Å². The van der Waals surface area contributed by atoms with Crippen molar-refractivity contribution >= 4 is 13.2 Å². The summed E-state index contributed by atoms with van der Waals surface area (Å²) < 4.78 is 0. The lowest BCUT2D eigenvalue weighted by atomic mass is 10.0. The van der Waals surface area contributed by atoms with Gasteiger partial charge in [0.1, 0.15) is 0 Å². The third-order valence-corrected chi connectivity index (χ3v) is 20.5. The lowest BCUT2D eigenvalue weighted by molar-refractivity contribution is -0.142. The Morgan fingerprint density at radius 3 is 0.625 bits per heavy atom. The summed E-state index contributed by atoms with van der Waals surface area (Å²) >= 11 is 0. The van der Waals surface area contributed by atoms with E-state index in [0.29, 0.717) is 0 Å². The molecule has 1 unspecified atom stereocenters. The fraction of sp³-hybridized carbons (Fsp3) is 0.984. The fourth-order valence-corrected chi connectivity index (χ4v) is 15.7. The van der Waals surface area contributed by atoms with E-state index in [2.05, 4.69) is 27.7 Å². The Morgan fingerprint density at radius 1 is 0.281 bits per heavy atom. The molecule has 64 heavy (non-hydrogen) atoms. The van der Waals surface area contributed by atoms with Gasteiger partial charge in [0.2, 0.25) is 0 Å². The Balaban J connectivity index is 4.83. The molecule has 3 heteroatoms. The molecule has 0 amide bonds. The zero-order valence-corrected chi connectivity index (χ0v) is 46.2. The van der Waals surface area contributed by atoms with Gasteiger partial charge in [0.25, 0.3) is 0 Å². The van der Waals surface area contributed by atoms with Crippen molar-refractivity contribution < 1.29 is 9.90 Å². The van der Waals surface area contributed by atoms with E-state index in [9.17, 15) is 9.90 Å². The van der Waals surface area contributed by atoms with Crippen LogP contribution in [0, 0.1) is 5.92 Å². The number of aliphatic carboxylic acids is 1. The molecule has 2 nitrogen and oxygen atoms in total. The number of carboxylic acid groups (broad SMARTS) is 1. The molecule has 0 aromatic rings. The molecule has 0 aromatic heterocycles. The minimum absolute atomic E-state index is 0.136. The van der Waals surface area contributed by atoms with Crippen LogP contribution in [0.5, 0.6) is 0 Å². The number of hydrogen-bond acceptors (Lipinski definition) is 1. The summed E-state index contributed by atoms with van der Waals surface area (Å²) in [6, 6.07) is 0. The highest BCUT2D eigenvalue weighted by Gasteiger charge is 2.35. The third-order valence-electron chi connectivity index (χ3n) is 15.5. The molecule has 1 atom stereocenters. The summed E-state index contributed by atoms with van der Waals surface area (Å²) in [4.78, 5) is 12.0. The highest BCUT2D eigenvalue weighted by atomic mass is 31.2. The molecule has 0 radical (unpaired) electrons. The molecule has 0 saturated heterocycles. The molecule has 0 aromatic carbocycles. The van der Waals surface area contributed by atoms with E-state index in [-0.39, 0.29) is 5.92 Å². The van der Waals surface area contributed by atoms with Gasteiger partial charge in [-0.1, -0.05) is 297 Å². The Morgan fingerprint density at radius 2 is 0.453 bits per heavy atom. The minimum Gasteiger partial charge on any atom is -0.481 e. The smallest absolute Gasteiger partial charge is 0.306 e. The van der Waals surface area contributed by atoms with Gasteiger partial charge in [0.15, 0.2) is 0 Å². The molecule has 0 saturated carbocycles. The second-order valence-electron chi connectivity index (χ2n) is 21.7. The van der Waals surface area contributed by atoms with Crippen molar-refractivity contribution in [3.63, 3.8) is 0 Å². The zero-order chi connectivity index (χ0) is 46.5. The molecular formula is C61H124O2P+. The normalized spacial score (nSPS) is 12.4. The van der Waals surface area contributed by atoms with Gasteiger partial charge >= 0.3 is 5.97 Å². The standard InChI is InChI=1S/C61H123O2P/c1-5-9-12-15-18-21-24-27-30-33-36-39-42-45-48-51-56-64(59-54-55-60(8-4)61(62)63,57-52-49-46-43-40-37-34-31-28-25-22-19-16-13-10-6-2)58-53-50-47-44-41-38-35-32-29-26-23-20-17-14-11-7-3/h60H,5-59H2,1-4H3/p+1. The van der Waals surface area contributed by atoms with Crippen LogP contribution in [0.4, 0.5) is 0 Å². The lowest BCUT2D eigenvalue weighted by Gasteiger charge is -2.29. The van der Waals surface area contributed by atoms with Crippen molar-refractivity contribution in [1.29, 1.82) is 0 Å². The van der Waals surface area contributed by atoms with Crippen LogP contribution in [0.1, 0.15) is 355 Å². The Bertz CT molecular complexity index is 784. The van der Waals surface area contributed by atoms with Crippen LogP contribution in [-0.2, 0) is 4.79 Å². The number of carboxylic acids is 1. The summed E-state index contributed by atoms with van der Waals surface area (Å²) in [7, 11) is -1.05. The van der Waals surface area contributed by atoms with Gasteiger partial charge in [-0.3, -0.25) is 4.79 Å². The summed E-state index contributed by atoms with van der Waals surface area (Å²) in [6.07, 6.45) is 78.1. The number of rotatable bonds is 57. The van der Waals surface area contributed by atoms with Crippen LogP contribution in [0.25, 0.3) is 0 Å². The van der Waals surface area contributed by atoms with Crippen molar-refractivity contribution in [1.82, 2.24) is 0 Å². The maximum absolute atomic E-state index is 12.0. The molecule has 0 heterocycles. The van der Waals surface area contributed by atoms with Crippen molar-refractivity contribution in [2.24, 2.45) is 5.92 Å². The minimum atomic E-state index is -1.05. The average molecular weight is 921 g/mol. The first-order valence-electron chi connectivity index (χ1n) is 30.6. The van der Waals surface area contributed by atoms with Crippen LogP contribution in [0.2, 0.25) is 0 Å². The monoisotopic (exact) mass is 920 g/mol. The zero-order valence-electron chi connectivity index (χ0n) is 45.3. The highest BCUT2D eigenvalue weighted by Crippen LogP contribution is 2.61. The van der Waals surface area contributed by atoms with Crippen LogP contribution in [-0.4, -0.2) is 35.7 Å². The third kappa shape index (κ3) is 47.0. The van der Waals surface area contributed by atoms with E-state index in [4.69, 9.17) is 0 Å². The van der Waals surface area contributed by atoms with Gasteiger partial charge < -0.3 is 5.11 Å². The quantitative estimate of drug-likeness (QED) is 0.0488. The maximum atomic E-state index is 12.0. The summed E-state index contributed by atoms with van der Waals surface area (Å²) in [5, 5.41) is 9.89. The van der Waals surface area contributed by atoms with Gasteiger partial charge in [0.05, 0.1) is 30.6 Å². The van der Waals surface area contributed by atoms with E-state index in [1.807, 2.05) is 0 Å². The molecule has 0 bridgehead atoms. The Kier molecular flexibility index (Phi) is 53.8. The topological polar surface area (TPSA) is 37.3 Å². The second kappa shape index (κ2) is 53.8. The molecule has 0 spiro atoms. The van der Waals surface area contributed by atoms with E-state index >= 15 is 0 Å². The number of carbonyl (C=O) groups is 1. The Hall–Kier alpha value is -0.100. The van der Waals surface area contributed by atoms with E-state index in [1.54, 1.807) is 0 Å². The van der Waals surface area contributed by atoms with Crippen LogP contribution in [0.3, 0.4) is 0 Å². The van der Waals surface area contributed by atoms with Gasteiger partial charge in [-0.2, -0.15) is 0 Å². The van der Waals surface area contributed by atoms with Gasteiger partial charge in [-0.05, 0) is 57.8 Å². The molecule has 0 aliphatic rings. The molecule has 1 N–H and O–H groups in total. The first-order chi connectivity index (χ1) is 31.5. The predicted molar refractivity (Wildman–Crippen MR) is 296 cm³/mol. The predicted octanol–water partition coefficient (Wildman–Crippen LogP) is 22.7. The van der Waals surface area contributed by atoms with Crippen molar-refractivity contribution in [2.45, 2.75) is 355 Å². The summed E-state index contributed by atoms with van der Waals surface area (Å²) in [5.41, 5.74) is 0. The second-order valence-corrected chi connectivity index (χ2v) is 26.2. The van der Waals surface area contributed by atoms with Gasteiger partial charge in [-0.25, -0.2) is 0 Å². The molecule has 384 valence electrons. The molecule has 0 aliphatic heterocycles. The van der Waals surface area contributed by atoms with Crippen molar-refractivity contribution in [3.8, 4) is 0 Å². The SMILES string of the molecule is CCCCCCCCCCCCCCCCCC[P+](CCCCCCCCCCCCCCCCCC)(CCCCCCCCCCCCCCCCCC)CCCC(CC)C(=O)O. The van der Waals surface area contributed by atoms with Crippen LogP contribution in [0.15, 0.2) is 0 Å². The number of unbranched alkanes of at least 4 members (excludes halogenated alkanes) is 45. The van der Waals surface area contributed by atoms with Crippen LogP contribution >= 0.6 is 7.26 Å².